The van der Waals surface area contributed by atoms with Gasteiger partial charge >= 0.3 is 0 Å². The molecule has 16 heavy (non-hydrogen) atoms. The summed E-state index contributed by atoms with van der Waals surface area (Å²) in [5, 5.41) is 0. The lowest BCUT2D eigenvalue weighted by atomic mass is 10.3. The zero-order valence-corrected chi connectivity index (χ0v) is 9.99. The summed E-state index contributed by atoms with van der Waals surface area (Å²) in [5.74, 6) is -0.375. The lowest BCUT2D eigenvalue weighted by Gasteiger charge is -2.02. The number of hydrogen-bond donors (Lipinski definition) is 0. The first-order valence-electron chi connectivity index (χ1n) is 5.19. The number of hydrogen-bond acceptors (Lipinski definition) is 3. The molecule has 0 bridgehead atoms. The maximum absolute atomic E-state index is 13.4. The standard InChI is InChI=1S/C9H10FN3O.C2H6/c1-6-8-9(7(10)3-11-6)13(4-12-8)5-14-2;1-2/h3-4H,5H2,1-2H3;1-2H3. The summed E-state index contributed by atoms with van der Waals surface area (Å²) in [6.45, 7) is 6.09. The molecule has 0 aliphatic heterocycles. The molecule has 2 rings (SSSR count). The molecule has 2 aromatic rings. The van der Waals surface area contributed by atoms with Crippen LogP contribution in [-0.2, 0) is 11.5 Å². The van der Waals surface area contributed by atoms with Crippen LogP contribution in [0.1, 0.15) is 19.5 Å². The number of fused-ring (bicyclic) bond motifs is 1. The number of aromatic nitrogens is 3. The molecule has 0 unspecified atom stereocenters. The maximum Gasteiger partial charge on any atom is 0.167 e. The van der Waals surface area contributed by atoms with Gasteiger partial charge in [-0.3, -0.25) is 4.98 Å². The zero-order valence-electron chi connectivity index (χ0n) is 9.99. The molecule has 2 aromatic heterocycles. The Balaban J connectivity index is 0.000000606. The number of imidazole rings is 1. The van der Waals surface area contributed by atoms with E-state index in [9.17, 15) is 4.39 Å². The van der Waals surface area contributed by atoms with Crippen molar-refractivity contribution in [2.45, 2.75) is 27.5 Å². The SMILES string of the molecule is CC.COCn1cnc2c(C)ncc(F)c21. The van der Waals surface area contributed by atoms with Gasteiger partial charge in [-0.25, -0.2) is 9.37 Å². The van der Waals surface area contributed by atoms with Gasteiger partial charge in [0.25, 0.3) is 0 Å². The monoisotopic (exact) mass is 225 g/mol. The van der Waals surface area contributed by atoms with Gasteiger partial charge in [0.2, 0.25) is 0 Å². The Morgan fingerprint density at radius 2 is 2.06 bits per heavy atom. The first-order valence-corrected chi connectivity index (χ1v) is 5.19. The molecular formula is C11H16FN3O. The van der Waals surface area contributed by atoms with Gasteiger partial charge in [-0.05, 0) is 6.92 Å². The summed E-state index contributed by atoms with van der Waals surface area (Å²) in [6.07, 6.45) is 2.75. The van der Waals surface area contributed by atoms with E-state index in [0.29, 0.717) is 11.0 Å². The fraction of sp³-hybridized carbons (Fsp3) is 0.455. The molecule has 2 heterocycles. The fourth-order valence-electron chi connectivity index (χ4n) is 1.41. The predicted octanol–water partition coefficient (Wildman–Crippen LogP) is 2.51. The maximum atomic E-state index is 13.4. The van der Waals surface area contributed by atoms with Crippen LogP contribution in [0.15, 0.2) is 12.5 Å². The minimum atomic E-state index is -0.375. The largest absolute Gasteiger partial charge is 0.364 e. The Kier molecular flexibility index (Phi) is 4.37. The summed E-state index contributed by atoms with van der Waals surface area (Å²) in [6, 6.07) is 0. The number of rotatable bonds is 2. The second-order valence-electron chi connectivity index (χ2n) is 3.02. The average molecular weight is 225 g/mol. The third-order valence-electron chi connectivity index (χ3n) is 2.05. The quantitative estimate of drug-likeness (QED) is 0.788. The molecule has 0 amide bonds. The Bertz CT molecular complexity index is 467. The highest BCUT2D eigenvalue weighted by Gasteiger charge is 2.10. The molecule has 0 saturated heterocycles. The second-order valence-corrected chi connectivity index (χ2v) is 3.02. The number of halogens is 1. The molecular weight excluding hydrogens is 209 g/mol. The summed E-state index contributed by atoms with van der Waals surface area (Å²) in [7, 11) is 1.55. The van der Waals surface area contributed by atoms with Crippen molar-refractivity contribution >= 4 is 11.0 Å². The molecule has 0 spiro atoms. The third kappa shape index (κ3) is 2.19. The molecule has 0 aliphatic rings. The van der Waals surface area contributed by atoms with E-state index in [4.69, 9.17) is 4.74 Å². The molecule has 0 aliphatic carbocycles. The van der Waals surface area contributed by atoms with E-state index in [1.807, 2.05) is 13.8 Å². The van der Waals surface area contributed by atoms with Crippen molar-refractivity contribution in [1.29, 1.82) is 0 Å². The van der Waals surface area contributed by atoms with E-state index in [0.717, 1.165) is 5.69 Å². The van der Waals surface area contributed by atoms with Crippen molar-refractivity contribution in [3.05, 3.63) is 24.0 Å². The van der Waals surface area contributed by atoms with Crippen molar-refractivity contribution < 1.29 is 9.13 Å². The lowest BCUT2D eigenvalue weighted by molar-refractivity contribution is 0.134. The van der Waals surface area contributed by atoms with Crippen molar-refractivity contribution in [2.75, 3.05) is 7.11 Å². The number of pyridine rings is 1. The highest BCUT2D eigenvalue weighted by molar-refractivity contribution is 5.77. The van der Waals surface area contributed by atoms with Crippen LogP contribution in [0, 0.1) is 12.7 Å². The summed E-state index contributed by atoms with van der Waals surface area (Å²) < 4.78 is 19.9. The summed E-state index contributed by atoms with van der Waals surface area (Å²) in [5.41, 5.74) is 1.75. The van der Waals surface area contributed by atoms with E-state index < -0.39 is 0 Å². The Morgan fingerprint density at radius 1 is 1.38 bits per heavy atom. The van der Waals surface area contributed by atoms with Crippen molar-refractivity contribution in [2.24, 2.45) is 0 Å². The summed E-state index contributed by atoms with van der Waals surface area (Å²) >= 11 is 0. The van der Waals surface area contributed by atoms with Crippen LogP contribution in [0.25, 0.3) is 11.0 Å². The molecule has 0 fully saturated rings. The van der Waals surface area contributed by atoms with Crippen molar-refractivity contribution in [3.63, 3.8) is 0 Å². The predicted molar refractivity (Wildman–Crippen MR) is 60.6 cm³/mol. The van der Waals surface area contributed by atoms with E-state index in [1.165, 1.54) is 6.20 Å². The van der Waals surface area contributed by atoms with Crippen LogP contribution in [0.5, 0.6) is 0 Å². The highest BCUT2D eigenvalue weighted by Crippen LogP contribution is 2.18. The van der Waals surface area contributed by atoms with Crippen LogP contribution in [0.2, 0.25) is 0 Å². The smallest absolute Gasteiger partial charge is 0.167 e. The van der Waals surface area contributed by atoms with Crippen LogP contribution in [-0.4, -0.2) is 21.6 Å². The van der Waals surface area contributed by atoms with Gasteiger partial charge in [0.05, 0.1) is 18.2 Å². The minimum Gasteiger partial charge on any atom is -0.364 e. The number of aryl methyl sites for hydroxylation is 1. The lowest BCUT2D eigenvalue weighted by Crippen LogP contribution is -1.99. The Labute approximate surface area is 94.1 Å². The number of ether oxygens (including phenoxy) is 1. The molecule has 0 aromatic carbocycles. The first kappa shape index (κ1) is 12.6. The van der Waals surface area contributed by atoms with Crippen LogP contribution in [0.4, 0.5) is 4.39 Å². The Hall–Kier alpha value is -1.49. The fourth-order valence-corrected chi connectivity index (χ4v) is 1.41. The van der Waals surface area contributed by atoms with Gasteiger partial charge in [-0.1, -0.05) is 13.8 Å². The number of nitrogens with zero attached hydrogens (tertiary/aromatic N) is 3. The minimum absolute atomic E-state index is 0.289. The number of methoxy groups -OCH3 is 1. The van der Waals surface area contributed by atoms with Gasteiger partial charge < -0.3 is 9.30 Å². The van der Waals surface area contributed by atoms with Gasteiger partial charge in [0.15, 0.2) is 5.82 Å². The van der Waals surface area contributed by atoms with Gasteiger partial charge in [0, 0.05) is 7.11 Å². The van der Waals surface area contributed by atoms with E-state index in [-0.39, 0.29) is 12.5 Å². The molecule has 4 nitrogen and oxygen atoms in total. The first-order chi connectivity index (χ1) is 7.74. The zero-order chi connectivity index (χ0) is 12.1. The van der Waals surface area contributed by atoms with E-state index in [2.05, 4.69) is 9.97 Å². The average Bonchev–Trinajstić information content (AvgIpc) is 2.72. The topological polar surface area (TPSA) is 39.9 Å². The van der Waals surface area contributed by atoms with Crippen LogP contribution >= 0.6 is 0 Å². The highest BCUT2D eigenvalue weighted by atomic mass is 19.1. The molecule has 0 radical (unpaired) electrons. The van der Waals surface area contributed by atoms with Gasteiger partial charge in [-0.15, -0.1) is 0 Å². The van der Waals surface area contributed by atoms with Gasteiger partial charge in [-0.2, -0.15) is 0 Å². The normalized spacial score (nSPS) is 10.1. The van der Waals surface area contributed by atoms with Crippen LogP contribution in [0.3, 0.4) is 0 Å². The second kappa shape index (κ2) is 5.55. The Morgan fingerprint density at radius 3 is 2.69 bits per heavy atom. The van der Waals surface area contributed by atoms with E-state index in [1.54, 1.807) is 24.9 Å². The molecule has 88 valence electrons. The molecule has 5 heteroatoms. The van der Waals surface area contributed by atoms with Crippen LogP contribution < -0.4 is 0 Å². The van der Waals surface area contributed by atoms with E-state index >= 15 is 0 Å². The molecule has 0 saturated carbocycles. The third-order valence-corrected chi connectivity index (χ3v) is 2.05. The van der Waals surface area contributed by atoms with Crippen molar-refractivity contribution in [3.8, 4) is 0 Å². The van der Waals surface area contributed by atoms with Gasteiger partial charge in [0.1, 0.15) is 17.8 Å². The summed E-state index contributed by atoms with van der Waals surface area (Å²) in [4.78, 5) is 7.97. The molecule has 0 atom stereocenters. The molecule has 0 N–H and O–H groups in total. The van der Waals surface area contributed by atoms with Crippen molar-refractivity contribution in [1.82, 2.24) is 14.5 Å².